The van der Waals surface area contributed by atoms with E-state index in [0.29, 0.717) is 0 Å². The second kappa shape index (κ2) is 16.3. The Morgan fingerprint density at radius 1 is 0.347 bits per heavy atom. The molecule has 0 unspecified atom stereocenters. The van der Waals surface area contributed by atoms with Crippen LogP contribution in [0.15, 0.2) is 271 Å². The molecule has 350 valence electrons. The quantitative estimate of drug-likeness (QED) is 0.159. The maximum atomic E-state index is 7.37. The average Bonchev–Trinajstić information content (AvgIpc) is 4.41. The van der Waals surface area contributed by atoms with Crippen molar-refractivity contribution in [2.75, 3.05) is 9.80 Å². The first-order valence-electron chi connectivity index (χ1n) is 25.7. The monoisotopic (exact) mass is 972 g/mol. The minimum Gasteiger partial charge on any atom is -0.454 e. The van der Waals surface area contributed by atoms with Gasteiger partial charge in [-0.3, -0.25) is 0 Å². The summed E-state index contributed by atoms with van der Waals surface area (Å²) in [4.78, 5) is 4.93. The Morgan fingerprint density at radius 3 is 1.59 bits per heavy atom. The van der Waals surface area contributed by atoms with Gasteiger partial charge in [0.05, 0.1) is 16.8 Å². The van der Waals surface area contributed by atoms with Gasteiger partial charge in [0.25, 0.3) is 0 Å². The lowest BCUT2D eigenvalue weighted by molar-refractivity contribution is 0.668. The summed E-state index contributed by atoms with van der Waals surface area (Å²) in [6.07, 6.45) is 0. The van der Waals surface area contributed by atoms with Crippen molar-refractivity contribution in [3.05, 3.63) is 289 Å². The Kier molecular flexibility index (Phi) is 9.12. The van der Waals surface area contributed by atoms with E-state index >= 15 is 0 Å². The van der Waals surface area contributed by atoms with Gasteiger partial charge in [-0.15, -0.1) is 11.3 Å². The zero-order valence-corrected chi connectivity index (χ0v) is 41.4. The van der Waals surface area contributed by atoms with E-state index in [4.69, 9.17) is 4.42 Å². The fourth-order valence-electron chi connectivity index (χ4n) is 12.9. The lowest BCUT2D eigenvalue weighted by atomic mass is 9.70. The summed E-state index contributed by atoms with van der Waals surface area (Å²) in [7, 11) is 0. The Morgan fingerprint density at radius 2 is 0.867 bits per heavy atom. The van der Waals surface area contributed by atoms with Crippen LogP contribution in [0.1, 0.15) is 22.3 Å². The highest BCUT2D eigenvalue weighted by Gasteiger charge is 2.54. The molecular formula is C71H44N2OS. The molecule has 0 atom stereocenters. The third kappa shape index (κ3) is 6.03. The van der Waals surface area contributed by atoms with E-state index in [2.05, 4.69) is 277 Å². The van der Waals surface area contributed by atoms with Gasteiger partial charge in [-0.1, -0.05) is 194 Å². The van der Waals surface area contributed by atoms with Crippen molar-refractivity contribution in [3.63, 3.8) is 0 Å². The molecule has 0 amide bonds. The highest BCUT2D eigenvalue weighted by molar-refractivity contribution is 7.26. The molecule has 3 nitrogen and oxygen atoms in total. The zero-order chi connectivity index (χ0) is 49.2. The average molecular weight is 973 g/mol. The van der Waals surface area contributed by atoms with E-state index in [0.717, 1.165) is 56.1 Å². The number of benzene rings is 12. The maximum absolute atomic E-state index is 7.37. The summed E-state index contributed by atoms with van der Waals surface area (Å²) >= 11 is 1.91. The second-order valence-electron chi connectivity index (χ2n) is 19.9. The minimum atomic E-state index is -0.733. The summed E-state index contributed by atoms with van der Waals surface area (Å²) in [6, 6.07) is 98.2. The SMILES string of the molecule is c1ccc(-c2ccc(N(c3ccccc3)c3cc4c(c5c3oc3ccccc35)-c3c(cc(N(c5ccccc5)c5ccc6ccccc6c5)c5c3sc3ccccc35)C43c4ccccc4-c4ccccc43)cc2)cc1. The van der Waals surface area contributed by atoms with Gasteiger partial charge >= 0.3 is 0 Å². The van der Waals surface area contributed by atoms with Gasteiger partial charge in [0, 0.05) is 64.8 Å². The Balaban J connectivity index is 1.09. The molecule has 0 fully saturated rings. The summed E-state index contributed by atoms with van der Waals surface area (Å²) in [5.74, 6) is 0. The molecule has 12 aromatic carbocycles. The number of fused-ring (bicyclic) bond motifs is 19. The number of anilines is 6. The molecule has 2 aliphatic carbocycles. The lowest BCUT2D eigenvalue weighted by Gasteiger charge is -2.33. The first-order chi connectivity index (χ1) is 37.2. The number of hydrogen-bond donors (Lipinski definition) is 0. The fourth-order valence-corrected chi connectivity index (χ4v) is 14.2. The van der Waals surface area contributed by atoms with Crippen molar-refractivity contribution in [2.45, 2.75) is 5.41 Å². The van der Waals surface area contributed by atoms with Crippen LogP contribution in [0.25, 0.3) is 86.3 Å². The molecule has 0 radical (unpaired) electrons. The Bertz CT molecular complexity index is 4550. The molecule has 0 N–H and O–H groups in total. The molecule has 2 aromatic heterocycles. The number of rotatable bonds is 7. The predicted molar refractivity (Wildman–Crippen MR) is 315 cm³/mol. The Hall–Kier alpha value is -9.48. The van der Waals surface area contributed by atoms with Crippen LogP contribution in [-0.4, -0.2) is 0 Å². The zero-order valence-electron chi connectivity index (χ0n) is 40.6. The van der Waals surface area contributed by atoms with E-state index in [9.17, 15) is 0 Å². The van der Waals surface area contributed by atoms with Crippen LogP contribution in [0.5, 0.6) is 0 Å². The molecule has 2 heterocycles. The van der Waals surface area contributed by atoms with Crippen molar-refractivity contribution in [1.29, 1.82) is 0 Å². The van der Waals surface area contributed by atoms with Gasteiger partial charge in [0.15, 0.2) is 5.58 Å². The molecule has 0 aliphatic heterocycles. The third-order valence-corrected chi connectivity index (χ3v) is 17.2. The van der Waals surface area contributed by atoms with Gasteiger partial charge in [0.1, 0.15) is 5.58 Å². The standard InChI is InChI=1S/C71H44N2OS/c1-4-20-45(21-5-1)47-36-39-51(40-37-47)72(49-24-6-2-7-25-49)62-44-59-67(66-55-30-14-18-34-63(55)74-69(62)66)68-60(71(59)57-32-16-12-28-53(57)54-29-13-17-33-58(54)71)43-61(65-56-31-15-19-35-64(56)75-70(65)68)73(50-26-8-3-9-27-50)52-41-38-46-22-10-11-23-48(46)42-52/h1-44H. The minimum absolute atomic E-state index is 0.733. The van der Waals surface area contributed by atoms with Crippen LogP contribution in [0.2, 0.25) is 0 Å². The number of nitrogens with zero attached hydrogens (tertiary/aromatic N) is 2. The van der Waals surface area contributed by atoms with Crippen molar-refractivity contribution in [3.8, 4) is 33.4 Å². The first-order valence-corrected chi connectivity index (χ1v) is 26.6. The second-order valence-corrected chi connectivity index (χ2v) is 20.9. The van der Waals surface area contributed by atoms with Crippen LogP contribution >= 0.6 is 11.3 Å². The largest absolute Gasteiger partial charge is 0.454 e. The molecule has 0 saturated heterocycles. The first kappa shape index (κ1) is 42.1. The van der Waals surface area contributed by atoms with Crippen molar-refractivity contribution in [1.82, 2.24) is 0 Å². The molecule has 16 rings (SSSR count). The number of para-hydroxylation sites is 3. The molecule has 75 heavy (non-hydrogen) atoms. The third-order valence-electron chi connectivity index (χ3n) is 16.0. The number of furan rings is 1. The molecule has 14 aromatic rings. The van der Waals surface area contributed by atoms with Crippen molar-refractivity contribution < 1.29 is 4.42 Å². The number of thiophene rings is 1. The Labute approximate surface area is 438 Å². The van der Waals surface area contributed by atoms with E-state index in [1.807, 2.05) is 11.3 Å². The van der Waals surface area contributed by atoms with E-state index in [1.54, 1.807) is 0 Å². The molecule has 0 saturated carbocycles. The van der Waals surface area contributed by atoms with Crippen LogP contribution in [0, 0.1) is 0 Å². The molecular weight excluding hydrogens is 929 g/mol. The van der Waals surface area contributed by atoms with Crippen molar-refractivity contribution in [2.24, 2.45) is 0 Å². The van der Waals surface area contributed by atoms with Gasteiger partial charge < -0.3 is 14.2 Å². The topological polar surface area (TPSA) is 19.6 Å². The summed E-state index contributed by atoms with van der Waals surface area (Å²) in [5.41, 5.74) is 19.9. The van der Waals surface area contributed by atoms with Gasteiger partial charge in [0.2, 0.25) is 0 Å². The van der Waals surface area contributed by atoms with Gasteiger partial charge in [-0.2, -0.15) is 0 Å². The van der Waals surface area contributed by atoms with Gasteiger partial charge in [-0.25, -0.2) is 0 Å². The lowest BCUT2D eigenvalue weighted by Crippen LogP contribution is -2.26. The van der Waals surface area contributed by atoms with Crippen LogP contribution in [-0.2, 0) is 5.41 Å². The highest BCUT2D eigenvalue weighted by Crippen LogP contribution is 2.68. The molecule has 2 aliphatic rings. The molecule has 1 spiro atoms. The van der Waals surface area contributed by atoms with E-state index < -0.39 is 5.41 Å². The normalized spacial score (nSPS) is 12.9. The molecule has 0 bridgehead atoms. The van der Waals surface area contributed by atoms with E-state index in [1.165, 1.54) is 86.6 Å². The fraction of sp³-hybridized carbons (Fsp3) is 0.0141. The maximum Gasteiger partial charge on any atom is 0.160 e. The van der Waals surface area contributed by atoms with Crippen molar-refractivity contribution >= 4 is 98.3 Å². The molecule has 4 heteroatoms. The van der Waals surface area contributed by atoms with E-state index in [-0.39, 0.29) is 0 Å². The van der Waals surface area contributed by atoms with Crippen LogP contribution in [0.4, 0.5) is 34.1 Å². The van der Waals surface area contributed by atoms with Gasteiger partial charge in [-0.05, 0) is 128 Å². The smallest absolute Gasteiger partial charge is 0.160 e. The van der Waals surface area contributed by atoms with Crippen LogP contribution < -0.4 is 9.80 Å². The summed E-state index contributed by atoms with van der Waals surface area (Å²) in [5, 5.41) is 7.12. The van der Waals surface area contributed by atoms with Crippen LogP contribution in [0.3, 0.4) is 0 Å². The highest BCUT2D eigenvalue weighted by atomic mass is 32.1. The summed E-state index contributed by atoms with van der Waals surface area (Å²) in [6.45, 7) is 0. The number of hydrogen-bond acceptors (Lipinski definition) is 4. The predicted octanol–water partition coefficient (Wildman–Crippen LogP) is 20.1. The summed E-state index contributed by atoms with van der Waals surface area (Å²) < 4.78 is 9.89.